The van der Waals surface area contributed by atoms with Gasteiger partial charge in [0.2, 0.25) is 0 Å². The molecule has 2 rings (SSSR count). The van der Waals surface area contributed by atoms with E-state index >= 15 is 0 Å². The maximum absolute atomic E-state index is 10.7. The monoisotopic (exact) mass is 313 g/mol. The lowest BCUT2D eigenvalue weighted by Gasteiger charge is -2.09. The Hall–Kier alpha value is -2.63. The number of carboxylic acids is 1. The Bertz CT molecular complexity index is 655. The first-order valence-electron chi connectivity index (χ1n) is 7.25. The number of rotatable bonds is 8. The van der Waals surface area contributed by atoms with E-state index in [0.717, 1.165) is 17.1 Å². The van der Waals surface area contributed by atoms with E-state index in [1.165, 1.54) is 0 Å². The first-order chi connectivity index (χ1) is 11.2. The molecule has 0 heterocycles. The molecule has 0 bridgehead atoms. The quantitative estimate of drug-likeness (QED) is 0.698. The minimum atomic E-state index is -1.07. The van der Waals surface area contributed by atoms with Gasteiger partial charge in [0.25, 0.3) is 0 Å². The largest absolute Gasteiger partial charge is 0.480 e. The van der Waals surface area contributed by atoms with Crippen molar-refractivity contribution in [2.24, 2.45) is 0 Å². The minimum absolute atomic E-state index is 0.349. The van der Waals surface area contributed by atoms with E-state index in [-0.39, 0.29) is 0 Å². The first kappa shape index (κ1) is 16.7. The van der Waals surface area contributed by atoms with Gasteiger partial charge in [-0.15, -0.1) is 0 Å². The molecule has 0 radical (unpaired) electrons. The number of aliphatic hydroxyl groups excluding tert-OH is 1. The van der Waals surface area contributed by atoms with Crippen LogP contribution < -0.4 is 10.1 Å². The molecule has 120 valence electrons. The van der Waals surface area contributed by atoms with Crippen LogP contribution in [0.2, 0.25) is 0 Å². The summed E-state index contributed by atoms with van der Waals surface area (Å²) in [6.07, 6.45) is 3.66. The number of aliphatic carboxylic acids is 1. The fourth-order valence-corrected chi connectivity index (χ4v) is 1.94. The number of hydrogen-bond acceptors (Lipinski definition) is 4. The second kappa shape index (κ2) is 8.73. The summed E-state index contributed by atoms with van der Waals surface area (Å²) >= 11 is 0. The zero-order valence-electron chi connectivity index (χ0n) is 12.6. The van der Waals surface area contributed by atoms with Crippen molar-refractivity contribution >= 4 is 12.0 Å². The van der Waals surface area contributed by atoms with Crippen molar-refractivity contribution in [3.05, 3.63) is 66.2 Å². The summed E-state index contributed by atoms with van der Waals surface area (Å²) in [4.78, 5) is 10.7. The van der Waals surface area contributed by atoms with E-state index in [9.17, 15) is 4.79 Å². The summed E-state index contributed by atoms with van der Waals surface area (Å²) in [6, 6.07) is 16.1. The fraction of sp³-hybridized carbons (Fsp3) is 0.167. The number of benzene rings is 2. The van der Waals surface area contributed by atoms with E-state index in [1.807, 2.05) is 60.7 Å². The van der Waals surface area contributed by atoms with Gasteiger partial charge in [-0.05, 0) is 29.8 Å². The van der Waals surface area contributed by atoms with Crippen molar-refractivity contribution in [1.82, 2.24) is 5.32 Å². The molecule has 0 unspecified atom stereocenters. The third-order valence-corrected chi connectivity index (χ3v) is 3.11. The molecule has 0 aliphatic heterocycles. The second-order valence-corrected chi connectivity index (χ2v) is 4.87. The van der Waals surface area contributed by atoms with Crippen LogP contribution in [0.5, 0.6) is 11.5 Å². The van der Waals surface area contributed by atoms with Crippen LogP contribution in [-0.4, -0.2) is 35.4 Å². The second-order valence-electron chi connectivity index (χ2n) is 4.87. The molecule has 2 aromatic rings. The van der Waals surface area contributed by atoms with Crippen molar-refractivity contribution in [2.45, 2.75) is 6.04 Å². The summed E-state index contributed by atoms with van der Waals surface area (Å²) in [5.41, 5.74) is 0.941. The van der Waals surface area contributed by atoms with Gasteiger partial charge >= 0.3 is 5.97 Å². The zero-order chi connectivity index (χ0) is 16.5. The van der Waals surface area contributed by atoms with Gasteiger partial charge in [-0.2, -0.15) is 0 Å². The summed E-state index contributed by atoms with van der Waals surface area (Å²) in [5, 5.41) is 20.4. The molecule has 0 saturated heterocycles. The van der Waals surface area contributed by atoms with Gasteiger partial charge in [0.1, 0.15) is 17.5 Å². The Kier molecular flexibility index (Phi) is 6.35. The highest BCUT2D eigenvalue weighted by molar-refractivity contribution is 5.73. The number of carboxylic acid groups (broad SMARTS) is 1. The maximum atomic E-state index is 10.7. The van der Waals surface area contributed by atoms with Gasteiger partial charge in [-0.25, -0.2) is 0 Å². The van der Waals surface area contributed by atoms with Crippen LogP contribution in [0, 0.1) is 0 Å². The summed E-state index contributed by atoms with van der Waals surface area (Å²) < 4.78 is 5.75. The molecule has 0 amide bonds. The zero-order valence-corrected chi connectivity index (χ0v) is 12.6. The predicted molar refractivity (Wildman–Crippen MR) is 88.5 cm³/mol. The average Bonchev–Trinajstić information content (AvgIpc) is 2.56. The van der Waals surface area contributed by atoms with Crippen molar-refractivity contribution in [3.8, 4) is 11.5 Å². The van der Waals surface area contributed by atoms with E-state index < -0.39 is 18.6 Å². The van der Waals surface area contributed by atoms with Crippen LogP contribution >= 0.6 is 0 Å². The Morgan fingerprint density at radius 1 is 1.13 bits per heavy atom. The Labute approximate surface area is 134 Å². The van der Waals surface area contributed by atoms with Gasteiger partial charge in [0.05, 0.1) is 6.61 Å². The number of para-hydroxylation sites is 1. The third-order valence-electron chi connectivity index (χ3n) is 3.11. The third kappa shape index (κ3) is 5.58. The number of aliphatic hydroxyl groups is 1. The molecular formula is C18H19NO4. The predicted octanol–water partition coefficient (Wildman–Crippen LogP) is 2.53. The molecule has 1 atom stereocenters. The lowest BCUT2D eigenvalue weighted by Crippen LogP contribution is -2.39. The van der Waals surface area contributed by atoms with Crippen LogP contribution in [-0.2, 0) is 4.79 Å². The van der Waals surface area contributed by atoms with Gasteiger partial charge in [0, 0.05) is 6.54 Å². The van der Waals surface area contributed by atoms with Crippen molar-refractivity contribution in [2.75, 3.05) is 13.2 Å². The Balaban J connectivity index is 1.92. The lowest BCUT2D eigenvalue weighted by atomic mass is 10.2. The maximum Gasteiger partial charge on any atom is 0.323 e. The van der Waals surface area contributed by atoms with E-state index in [1.54, 1.807) is 6.08 Å². The number of hydrogen-bond donors (Lipinski definition) is 3. The SMILES string of the molecule is O=C(O)[C@H](CO)NC/C=C/c1cccc(Oc2ccccc2)c1. The highest BCUT2D eigenvalue weighted by atomic mass is 16.5. The van der Waals surface area contributed by atoms with Gasteiger partial charge in [-0.3, -0.25) is 10.1 Å². The smallest absolute Gasteiger partial charge is 0.323 e. The van der Waals surface area contributed by atoms with Crippen molar-refractivity contribution < 1.29 is 19.7 Å². The van der Waals surface area contributed by atoms with Crippen molar-refractivity contribution in [3.63, 3.8) is 0 Å². The molecule has 5 heteroatoms. The Morgan fingerprint density at radius 3 is 2.57 bits per heavy atom. The van der Waals surface area contributed by atoms with Crippen LogP contribution in [0.4, 0.5) is 0 Å². The van der Waals surface area contributed by atoms with Gasteiger partial charge in [-0.1, -0.05) is 42.5 Å². The minimum Gasteiger partial charge on any atom is -0.480 e. The van der Waals surface area contributed by atoms with Crippen LogP contribution in [0.1, 0.15) is 5.56 Å². The van der Waals surface area contributed by atoms with Crippen LogP contribution in [0.15, 0.2) is 60.7 Å². The molecule has 0 aliphatic rings. The lowest BCUT2D eigenvalue weighted by molar-refractivity contribution is -0.140. The number of nitrogens with one attached hydrogen (secondary N) is 1. The highest BCUT2D eigenvalue weighted by Gasteiger charge is 2.13. The summed E-state index contributed by atoms with van der Waals surface area (Å²) in [7, 11) is 0. The summed E-state index contributed by atoms with van der Waals surface area (Å²) in [5.74, 6) is 0.423. The van der Waals surface area contributed by atoms with Crippen LogP contribution in [0.25, 0.3) is 6.08 Å². The fourth-order valence-electron chi connectivity index (χ4n) is 1.94. The van der Waals surface area contributed by atoms with Crippen molar-refractivity contribution in [1.29, 1.82) is 0 Å². The van der Waals surface area contributed by atoms with Gasteiger partial charge in [0.15, 0.2) is 0 Å². The van der Waals surface area contributed by atoms with E-state index in [0.29, 0.717) is 6.54 Å². The standard InChI is InChI=1S/C18H19NO4/c20-13-17(18(21)22)19-11-5-7-14-6-4-10-16(12-14)23-15-8-2-1-3-9-15/h1-10,12,17,19-20H,11,13H2,(H,21,22)/b7-5+/t17-/m0/s1. The molecule has 0 aliphatic carbocycles. The topological polar surface area (TPSA) is 78.8 Å². The molecule has 0 spiro atoms. The molecule has 5 nitrogen and oxygen atoms in total. The van der Waals surface area contributed by atoms with E-state index in [2.05, 4.69) is 5.32 Å². The number of carbonyl (C=O) groups is 1. The number of ether oxygens (including phenoxy) is 1. The summed E-state index contributed by atoms with van der Waals surface area (Å²) in [6.45, 7) is -0.0924. The van der Waals surface area contributed by atoms with Crippen LogP contribution in [0.3, 0.4) is 0 Å². The average molecular weight is 313 g/mol. The molecule has 2 aromatic carbocycles. The molecule has 0 aromatic heterocycles. The van der Waals surface area contributed by atoms with E-state index in [4.69, 9.17) is 14.9 Å². The Morgan fingerprint density at radius 2 is 1.87 bits per heavy atom. The first-order valence-corrected chi connectivity index (χ1v) is 7.25. The molecular weight excluding hydrogens is 294 g/mol. The molecule has 23 heavy (non-hydrogen) atoms. The highest BCUT2D eigenvalue weighted by Crippen LogP contribution is 2.22. The van der Waals surface area contributed by atoms with Gasteiger partial charge < -0.3 is 14.9 Å². The normalized spacial score (nSPS) is 12.2. The molecule has 3 N–H and O–H groups in total. The molecule has 0 fully saturated rings. The molecule has 0 saturated carbocycles.